The Morgan fingerprint density at radius 3 is 2.83 bits per heavy atom. The van der Waals surface area contributed by atoms with E-state index in [0.717, 1.165) is 18.7 Å². The Labute approximate surface area is 111 Å². The summed E-state index contributed by atoms with van der Waals surface area (Å²) in [6, 6.07) is 1.61. The zero-order valence-electron chi connectivity index (χ0n) is 11.8. The fraction of sp³-hybridized carbons (Fsp3) is 1.00. The molecule has 0 radical (unpaired) electrons. The molecule has 0 aromatic carbocycles. The van der Waals surface area contributed by atoms with Crippen LogP contribution in [0.25, 0.3) is 0 Å². The molecule has 3 saturated heterocycles. The molecule has 0 N–H and O–H groups in total. The van der Waals surface area contributed by atoms with Gasteiger partial charge >= 0.3 is 0 Å². The zero-order valence-corrected chi connectivity index (χ0v) is 11.8. The van der Waals surface area contributed by atoms with Crippen LogP contribution in [0.5, 0.6) is 0 Å². The van der Waals surface area contributed by atoms with Crippen molar-refractivity contribution in [3.8, 4) is 0 Å². The zero-order chi connectivity index (χ0) is 12.4. The molecule has 3 heteroatoms. The summed E-state index contributed by atoms with van der Waals surface area (Å²) in [4.78, 5) is 5.47. The molecule has 18 heavy (non-hydrogen) atoms. The topological polar surface area (TPSA) is 15.7 Å². The molecular formula is C15H28N2O. The summed E-state index contributed by atoms with van der Waals surface area (Å²) < 4.78 is 5.93. The average molecular weight is 252 g/mol. The van der Waals surface area contributed by atoms with E-state index in [4.69, 9.17) is 4.74 Å². The molecule has 3 aliphatic rings. The second kappa shape index (κ2) is 5.89. The van der Waals surface area contributed by atoms with Crippen LogP contribution in [0.15, 0.2) is 0 Å². The largest absolute Gasteiger partial charge is 0.377 e. The molecule has 3 nitrogen and oxygen atoms in total. The number of ether oxygens (including phenoxy) is 1. The van der Waals surface area contributed by atoms with Crippen LogP contribution in [0.1, 0.15) is 45.4 Å². The van der Waals surface area contributed by atoms with Gasteiger partial charge in [-0.2, -0.15) is 0 Å². The standard InChI is InChI=1S/C15H28N2O/c1-2-13-10-16-8-5-6-14(16)11-17(13)12-15-7-3-4-9-18-15/h13-15H,2-12H2,1H3. The lowest BCUT2D eigenvalue weighted by atomic mass is 10.0. The van der Waals surface area contributed by atoms with E-state index in [0.29, 0.717) is 6.10 Å². The molecule has 0 aromatic rings. The summed E-state index contributed by atoms with van der Waals surface area (Å²) in [5.41, 5.74) is 0. The van der Waals surface area contributed by atoms with Crippen molar-refractivity contribution in [2.45, 2.75) is 63.6 Å². The molecule has 104 valence electrons. The fourth-order valence-corrected chi connectivity index (χ4v) is 3.97. The third kappa shape index (κ3) is 2.73. The van der Waals surface area contributed by atoms with Crippen LogP contribution in [0, 0.1) is 0 Å². The Morgan fingerprint density at radius 1 is 1.11 bits per heavy atom. The third-order valence-corrected chi connectivity index (χ3v) is 5.09. The fourth-order valence-electron chi connectivity index (χ4n) is 3.97. The molecule has 0 amide bonds. The van der Waals surface area contributed by atoms with Crippen molar-refractivity contribution in [2.75, 3.05) is 32.8 Å². The Bertz CT molecular complexity index is 265. The first-order valence-corrected chi connectivity index (χ1v) is 7.96. The van der Waals surface area contributed by atoms with Crippen molar-refractivity contribution in [2.24, 2.45) is 0 Å². The van der Waals surface area contributed by atoms with Gasteiger partial charge in [-0.3, -0.25) is 9.80 Å². The van der Waals surface area contributed by atoms with E-state index in [-0.39, 0.29) is 0 Å². The van der Waals surface area contributed by atoms with Crippen LogP contribution in [-0.4, -0.2) is 60.8 Å². The summed E-state index contributed by atoms with van der Waals surface area (Å²) >= 11 is 0. The molecular weight excluding hydrogens is 224 g/mol. The van der Waals surface area contributed by atoms with E-state index >= 15 is 0 Å². The van der Waals surface area contributed by atoms with Gasteiger partial charge in [-0.05, 0) is 45.1 Å². The van der Waals surface area contributed by atoms with Crippen molar-refractivity contribution >= 4 is 0 Å². The van der Waals surface area contributed by atoms with Crippen LogP contribution in [0.4, 0.5) is 0 Å². The van der Waals surface area contributed by atoms with Gasteiger partial charge in [0.15, 0.2) is 0 Å². The van der Waals surface area contributed by atoms with E-state index < -0.39 is 0 Å². The first-order chi connectivity index (χ1) is 8.86. The van der Waals surface area contributed by atoms with E-state index in [1.54, 1.807) is 0 Å². The molecule has 0 bridgehead atoms. The predicted molar refractivity (Wildman–Crippen MR) is 73.8 cm³/mol. The number of fused-ring (bicyclic) bond motifs is 1. The van der Waals surface area contributed by atoms with Gasteiger partial charge in [0.25, 0.3) is 0 Å². The number of hydrogen-bond donors (Lipinski definition) is 0. The Balaban J connectivity index is 1.58. The summed E-state index contributed by atoms with van der Waals surface area (Å²) in [5, 5.41) is 0. The second-order valence-electron chi connectivity index (χ2n) is 6.30. The first-order valence-electron chi connectivity index (χ1n) is 7.96. The maximum Gasteiger partial charge on any atom is 0.0702 e. The average Bonchev–Trinajstić information content (AvgIpc) is 2.86. The van der Waals surface area contributed by atoms with Gasteiger partial charge in [-0.1, -0.05) is 6.92 Å². The number of rotatable bonds is 3. The summed E-state index contributed by atoms with van der Waals surface area (Å²) in [6.45, 7) is 8.45. The first kappa shape index (κ1) is 12.9. The van der Waals surface area contributed by atoms with Crippen molar-refractivity contribution in [1.29, 1.82) is 0 Å². The van der Waals surface area contributed by atoms with E-state index in [1.165, 1.54) is 64.7 Å². The van der Waals surface area contributed by atoms with Gasteiger partial charge in [0.05, 0.1) is 6.10 Å². The molecule has 3 heterocycles. The molecule has 0 aromatic heterocycles. The van der Waals surface area contributed by atoms with Gasteiger partial charge in [-0.25, -0.2) is 0 Å². The van der Waals surface area contributed by atoms with Crippen molar-refractivity contribution < 1.29 is 4.74 Å². The van der Waals surface area contributed by atoms with Crippen molar-refractivity contribution in [3.63, 3.8) is 0 Å². The minimum atomic E-state index is 0.515. The van der Waals surface area contributed by atoms with Crippen molar-refractivity contribution in [1.82, 2.24) is 9.80 Å². The van der Waals surface area contributed by atoms with Gasteiger partial charge in [0.1, 0.15) is 0 Å². The quantitative estimate of drug-likeness (QED) is 0.765. The molecule has 3 fully saturated rings. The van der Waals surface area contributed by atoms with E-state index in [2.05, 4.69) is 16.7 Å². The summed E-state index contributed by atoms with van der Waals surface area (Å²) in [7, 11) is 0. The molecule has 3 rings (SSSR count). The van der Waals surface area contributed by atoms with Gasteiger partial charge < -0.3 is 4.74 Å². The maximum atomic E-state index is 5.93. The molecule has 0 saturated carbocycles. The number of nitrogens with zero attached hydrogens (tertiary/aromatic N) is 2. The summed E-state index contributed by atoms with van der Waals surface area (Å²) in [5.74, 6) is 0. The molecule has 3 unspecified atom stereocenters. The number of piperazine rings is 1. The minimum absolute atomic E-state index is 0.515. The Kier molecular flexibility index (Phi) is 4.22. The second-order valence-corrected chi connectivity index (χ2v) is 6.30. The van der Waals surface area contributed by atoms with Crippen LogP contribution in [0.2, 0.25) is 0 Å². The predicted octanol–water partition coefficient (Wildman–Crippen LogP) is 2.11. The molecule has 0 aliphatic carbocycles. The monoisotopic (exact) mass is 252 g/mol. The Hall–Kier alpha value is -0.120. The maximum absolute atomic E-state index is 5.93. The van der Waals surface area contributed by atoms with E-state index in [9.17, 15) is 0 Å². The lowest BCUT2D eigenvalue weighted by Crippen LogP contribution is -2.57. The normalized spacial score (nSPS) is 38.8. The SMILES string of the molecule is CCC1CN2CCCC2CN1CC1CCCCO1. The lowest BCUT2D eigenvalue weighted by Gasteiger charge is -2.45. The number of hydrogen-bond acceptors (Lipinski definition) is 3. The van der Waals surface area contributed by atoms with Crippen LogP contribution in [0.3, 0.4) is 0 Å². The Morgan fingerprint density at radius 2 is 2.06 bits per heavy atom. The van der Waals surface area contributed by atoms with Crippen LogP contribution >= 0.6 is 0 Å². The minimum Gasteiger partial charge on any atom is -0.377 e. The van der Waals surface area contributed by atoms with Crippen molar-refractivity contribution in [3.05, 3.63) is 0 Å². The van der Waals surface area contributed by atoms with Crippen LogP contribution in [-0.2, 0) is 4.74 Å². The molecule has 3 atom stereocenters. The highest BCUT2D eigenvalue weighted by Crippen LogP contribution is 2.27. The lowest BCUT2D eigenvalue weighted by molar-refractivity contribution is -0.0355. The highest BCUT2D eigenvalue weighted by atomic mass is 16.5. The van der Waals surface area contributed by atoms with Gasteiger partial charge in [0.2, 0.25) is 0 Å². The summed E-state index contributed by atoms with van der Waals surface area (Å²) in [6.07, 6.45) is 8.54. The highest BCUT2D eigenvalue weighted by Gasteiger charge is 2.36. The van der Waals surface area contributed by atoms with E-state index in [1.807, 2.05) is 0 Å². The molecule has 0 spiro atoms. The van der Waals surface area contributed by atoms with Gasteiger partial charge in [-0.15, -0.1) is 0 Å². The van der Waals surface area contributed by atoms with Crippen LogP contribution < -0.4 is 0 Å². The van der Waals surface area contributed by atoms with Gasteiger partial charge in [0, 0.05) is 38.3 Å². The third-order valence-electron chi connectivity index (χ3n) is 5.09. The highest BCUT2D eigenvalue weighted by molar-refractivity contribution is 4.92. The molecule has 3 aliphatic heterocycles. The smallest absolute Gasteiger partial charge is 0.0702 e.